The van der Waals surface area contributed by atoms with Gasteiger partial charge >= 0.3 is 0 Å². The molecule has 0 amide bonds. The fourth-order valence-electron chi connectivity index (χ4n) is 1.90. The van der Waals surface area contributed by atoms with E-state index in [1.165, 1.54) is 10.4 Å². The van der Waals surface area contributed by atoms with Gasteiger partial charge in [-0.25, -0.2) is 4.98 Å². The molecule has 2 aromatic rings. The molecule has 0 aliphatic carbocycles. The Bertz CT molecular complexity index is 498. The van der Waals surface area contributed by atoms with Crippen molar-refractivity contribution in [1.29, 1.82) is 0 Å². The molecule has 1 aromatic heterocycles. The van der Waals surface area contributed by atoms with Crippen LogP contribution in [0.5, 0.6) is 5.75 Å². The summed E-state index contributed by atoms with van der Waals surface area (Å²) >= 11 is 1.65. The zero-order chi connectivity index (χ0) is 13.7. The smallest absolute Gasteiger partial charge is 0.140 e. The highest BCUT2D eigenvalue weighted by atomic mass is 32.1. The van der Waals surface area contributed by atoms with Crippen molar-refractivity contribution in [1.82, 2.24) is 4.98 Å². The first-order valence-electron chi connectivity index (χ1n) is 6.66. The van der Waals surface area contributed by atoms with Crippen LogP contribution >= 0.6 is 11.3 Å². The number of nitrogens with zero attached hydrogens (tertiary/aromatic N) is 1. The van der Waals surface area contributed by atoms with E-state index < -0.39 is 0 Å². The van der Waals surface area contributed by atoms with Crippen molar-refractivity contribution >= 4 is 11.3 Å². The number of aromatic nitrogens is 1. The van der Waals surface area contributed by atoms with Gasteiger partial charge in [-0.3, -0.25) is 0 Å². The summed E-state index contributed by atoms with van der Waals surface area (Å²) in [6.45, 7) is 5.32. The van der Waals surface area contributed by atoms with Crippen LogP contribution in [0.1, 0.15) is 35.0 Å². The maximum Gasteiger partial charge on any atom is 0.140 e. The van der Waals surface area contributed by atoms with Gasteiger partial charge in [0.15, 0.2) is 0 Å². The summed E-state index contributed by atoms with van der Waals surface area (Å²) in [7, 11) is 0. The fourth-order valence-corrected chi connectivity index (χ4v) is 2.85. The number of rotatable bonds is 6. The van der Waals surface area contributed by atoms with Crippen molar-refractivity contribution in [2.24, 2.45) is 5.73 Å². The molecule has 1 heterocycles. The number of ether oxygens (including phenoxy) is 1. The zero-order valence-corrected chi connectivity index (χ0v) is 12.3. The molecule has 0 unspecified atom stereocenters. The lowest BCUT2D eigenvalue weighted by atomic mass is 10.2. The zero-order valence-electron chi connectivity index (χ0n) is 11.5. The minimum atomic E-state index is 0.517. The number of hydrogen-bond donors (Lipinski definition) is 1. The van der Waals surface area contributed by atoms with E-state index >= 15 is 0 Å². The van der Waals surface area contributed by atoms with Crippen molar-refractivity contribution in [3.05, 3.63) is 45.4 Å². The van der Waals surface area contributed by atoms with E-state index in [1.54, 1.807) is 11.3 Å². The second kappa shape index (κ2) is 6.68. The molecule has 3 nitrogen and oxygen atoms in total. The maximum absolute atomic E-state index is 5.76. The average molecular weight is 276 g/mol. The van der Waals surface area contributed by atoms with Crippen LogP contribution in [-0.2, 0) is 26.0 Å². The van der Waals surface area contributed by atoms with E-state index in [0.29, 0.717) is 13.2 Å². The Balaban J connectivity index is 1.99. The molecule has 4 heteroatoms. The summed E-state index contributed by atoms with van der Waals surface area (Å²) in [5.41, 5.74) is 8.13. The van der Waals surface area contributed by atoms with Gasteiger partial charge in [-0.2, -0.15) is 0 Å². The number of nitrogens with two attached hydrogens (primary N) is 1. The molecule has 0 radical (unpaired) electrons. The van der Waals surface area contributed by atoms with Crippen molar-refractivity contribution in [3.63, 3.8) is 0 Å². The maximum atomic E-state index is 5.76. The van der Waals surface area contributed by atoms with E-state index in [4.69, 9.17) is 10.5 Å². The minimum Gasteiger partial charge on any atom is -0.486 e. The summed E-state index contributed by atoms with van der Waals surface area (Å²) in [6, 6.07) is 8.22. The van der Waals surface area contributed by atoms with Crippen molar-refractivity contribution < 1.29 is 4.74 Å². The van der Waals surface area contributed by atoms with Gasteiger partial charge in [-0.05, 0) is 30.5 Å². The summed E-state index contributed by atoms with van der Waals surface area (Å²) in [4.78, 5) is 5.73. The molecule has 1 aromatic carbocycles. The molecule has 0 aliphatic rings. The van der Waals surface area contributed by atoms with Crippen LogP contribution in [0.2, 0.25) is 0 Å². The number of aryl methyl sites for hydroxylation is 2. The molecule has 0 aliphatic heterocycles. The van der Waals surface area contributed by atoms with Crippen LogP contribution in [0.15, 0.2) is 24.3 Å². The molecule has 0 atom stereocenters. The Morgan fingerprint density at radius 1 is 1.16 bits per heavy atom. The third-order valence-electron chi connectivity index (χ3n) is 3.04. The summed E-state index contributed by atoms with van der Waals surface area (Å²) in [6.07, 6.45) is 1.97. The number of thiazole rings is 1. The first kappa shape index (κ1) is 14.0. The van der Waals surface area contributed by atoms with Gasteiger partial charge < -0.3 is 10.5 Å². The first-order chi connectivity index (χ1) is 9.26. The predicted molar refractivity (Wildman–Crippen MR) is 79.5 cm³/mol. The van der Waals surface area contributed by atoms with Gasteiger partial charge in [0.2, 0.25) is 0 Å². The van der Waals surface area contributed by atoms with Gasteiger partial charge in [0.1, 0.15) is 17.4 Å². The monoisotopic (exact) mass is 276 g/mol. The standard InChI is InChI=1S/C15H20N2OS/c1-3-11-5-7-12(8-6-11)18-10-15-17-13(4-2)14(9-16)19-15/h5-8H,3-4,9-10,16H2,1-2H3. The number of benzene rings is 1. The lowest BCUT2D eigenvalue weighted by Crippen LogP contribution is -1.97. The molecule has 0 fully saturated rings. The van der Waals surface area contributed by atoms with Crippen molar-refractivity contribution in [2.45, 2.75) is 39.8 Å². The minimum absolute atomic E-state index is 0.517. The Kier molecular flexibility index (Phi) is 4.93. The summed E-state index contributed by atoms with van der Waals surface area (Å²) in [5, 5.41) is 0.997. The van der Waals surface area contributed by atoms with Crippen LogP contribution in [-0.4, -0.2) is 4.98 Å². The molecule has 0 saturated carbocycles. The lowest BCUT2D eigenvalue weighted by Gasteiger charge is -2.04. The van der Waals surface area contributed by atoms with Crippen LogP contribution < -0.4 is 10.5 Å². The molecule has 102 valence electrons. The Morgan fingerprint density at radius 3 is 2.42 bits per heavy atom. The van der Waals surface area contributed by atoms with Gasteiger partial charge in [0, 0.05) is 11.4 Å². The molecule has 0 bridgehead atoms. The van der Waals surface area contributed by atoms with Crippen LogP contribution in [0, 0.1) is 0 Å². The molecule has 19 heavy (non-hydrogen) atoms. The topological polar surface area (TPSA) is 48.1 Å². The molecular formula is C15H20N2OS. The molecule has 0 spiro atoms. The highest BCUT2D eigenvalue weighted by Gasteiger charge is 2.08. The van der Waals surface area contributed by atoms with E-state index in [9.17, 15) is 0 Å². The van der Waals surface area contributed by atoms with Crippen LogP contribution in [0.25, 0.3) is 0 Å². The van der Waals surface area contributed by atoms with Gasteiger partial charge in [-0.15, -0.1) is 11.3 Å². The normalized spacial score (nSPS) is 10.7. The van der Waals surface area contributed by atoms with E-state index in [1.807, 2.05) is 12.1 Å². The largest absolute Gasteiger partial charge is 0.486 e. The lowest BCUT2D eigenvalue weighted by molar-refractivity contribution is 0.305. The van der Waals surface area contributed by atoms with Crippen molar-refractivity contribution in [3.8, 4) is 5.75 Å². The molecular weight excluding hydrogens is 256 g/mol. The van der Waals surface area contributed by atoms with E-state index in [-0.39, 0.29) is 0 Å². The van der Waals surface area contributed by atoms with Gasteiger partial charge in [0.05, 0.1) is 5.69 Å². The molecule has 2 rings (SSSR count). The van der Waals surface area contributed by atoms with E-state index in [2.05, 4.69) is 31.0 Å². The Morgan fingerprint density at radius 2 is 1.89 bits per heavy atom. The van der Waals surface area contributed by atoms with Crippen LogP contribution in [0.4, 0.5) is 0 Å². The van der Waals surface area contributed by atoms with Crippen LogP contribution in [0.3, 0.4) is 0 Å². The first-order valence-corrected chi connectivity index (χ1v) is 7.47. The third-order valence-corrected chi connectivity index (χ3v) is 4.13. The highest BCUT2D eigenvalue weighted by Crippen LogP contribution is 2.21. The highest BCUT2D eigenvalue weighted by molar-refractivity contribution is 7.11. The fraction of sp³-hybridized carbons (Fsp3) is 0.400. The second-order valence-electron chi connectivity index (χ2n) is 4.32. The third kappa shape index (κ3) is 3.55. The molecule has 2 N–H and O–H groups in total. The van der Waals surface area contributed by atoms with Gasteiger partial charge in [0.25, 0.3) is 0 Å². The summed E-state index contributed by atoms with van der Waals surface area (Å²) in [5.74, 6) is 0.889. The Labute approximate surface area is 118 Å². The predicted octanol–water partition coefficient (Wildman–Crippen LogP) is 3.31. The SMILES string of the molecule is CCc1ccc(OCc2nc(CC)c(CN)s2)cc1. The second-order valence-corrected chi connectivity index (χ2v) is 5.49. The van der Waals surface area contributed by atoms with Gasteiger partial charge in [-0.1, -0.05) is 26.0 Å². The van der Waals surface area contributed by atoms with E-state index in [0.717, 1.165) is 29.3 Å². The number of hydrogen-bond acceptors (Lipinski definition) is 4. The quantitative estimate of drug-likeness (QED) is 0.880. The Hall–Kier alpha value is -1.39. The summed E-state index contributed by atoms with van der Waals surface area (Å²) < 4.78 is 5.76. The average Bonchev–Trinajstić information content (AvgIpc) is 2.88. The molecule has 0 saturated heterocycles. The van der Waals surface area contributed by atoms with Crippen molar-refractivity contribution in [2.75, 3.05) is 0 Å².